The standard InChI is InChI=1S/C16H19ClN2O2/c1-10-12-3-2-11(17)8-13(12)19-14(10)15(21)18-7-6-16(9-20)4-5-16/h2-3,8,19-20H,4-7,9H2,1H3,(H,18,21). The molecule has 4 nitrogen and oxygen atoms in total. The topological polar surface area (TPSA) is 65.1 Å². The number of carbonyl (C=O) groups excluding carboxylic acids is 1. The molecule has 1 aromatic heterocycles. The summed E-state index contributed by atoms with van der Waals surface area (Å²) < 4.78 is 0. The van der Waals surface area contributed by atoms with E-state index in [1.807, 2.05) is 25.1 Å². The average molecular weight is 307 g/mol. The van der Waals surface area contributed by atoms with E-state index in [2.05, 4.69) is 10.3 Å². The van der Waals surface area contributed by atoms with Crippen molar-refractivity contribution in [1.29, 1.82) is 0 Å². The number of amides is 1. The summed E-state index contributed by atoms with van der Waals surface area (Å²) in [5, 5.41) is 13.9. The number of aromatic nitrogens is 1. The van der Waals surface area contributed by atoms with Crippen LogP contribution in [0.1, 0.15) is 35.3 Å². The second-order valence-electron chi connectivity index (χ2n) is 5.98. The molecule has 0 bridgehead atoms. The Balaban J connectivity index is 1.71. The Kier molecular flexibility index (Phi) is 3.68. The number of aromatic amines is 1. The number of aliphatic hydroxyl groups excluding tert-OH is 1. The van der Waals surface area contributed by atoms with Crippen molar-refractivity contribution >= 4 is 28.4 Å². The first-order chi connectivity index (χ1) is 10.0. The number of H-pyrrole nitrogens is 1. The number of halogens is 1. The van der Waals surface area contributed by atoms with Gasteiger partial charge in [-0.2, -0.15) is 0 Å². The number of fused-ring (bicyclic) bond motifs is 1. The largest absolute Gasteiger partial charge is 0.396 e. The highest BCUT2D eigenvalue weighted by Crippen LogP contribution is 2.47. The van der Waals surface area contributed by atoms with Gasteiger partial charge >= 0.3 is 0 Å². The van der Waals surface area contributed by atoms with E-state index in [4.69, 9.17) is 11.6 Å². The summed E-state index contributed by atoms with van der Waals surface area (Å²) in [5.74, 6) is -0.103. The van der Waals surface area contributed by atoms with Crippen LogP contribution in [0.15, 0.2) is 18.2 Å². The number of benzene rings is 1. The van der Waals surface area contributed by atoms with E-state index in [-0.39, 0.29) is 17.9 Å². The molecule has 0 unspecified atom stereocenters. The molecule has 0 aliphatic heterocycles. The highest BCUT2D eigenvalue weighted by molar-refractivity contribution is 6.31. The number of rotatable bonds is 5. The molecule has 0 saturated heterocycles. The van der Waals surface area contributed by atoms with Crippen LogP contribution in [0.3, 0.4) is 0 Å². The third-order valence-corrected chi connectivity index (χ3v) is 4.72. The monoisotopic (exact) mass is 306 g/mol. The van der Waals surface area contributed by atoms with Crippen molar-refractivity contribution in [3.63, 3.8) is 0 Å². The first kappa shape index (κ1) is 14.4. The zero-order chi connectivity index (χ0) is 15.0. The van der Waals surface area contributed by atoms with E-state index in [0.29, 0.717) is 17.3 Å². The third-order valence-electron chi connectivity index (χ3n) is 4.48. The van der Waals surface area contributed by atoms with Gasteiger partial charge in [-0.15, -0.1) is 0 Å². The molecule has 0 atom stereocenters. The molecule has 2 aromatic rings. The van der Waals surface area contributed by atoms with E-state index >= 15 is 0 Å². The fraction of sp³-hybridized carbons (Fsp3) is 0.438. The summed E-state index contributed by atoms with van der Waals surface area (Å²) in [6, 6.07) is 5.57. The van der Waals surface area contributed by atoms with Crippen LogP contribution in [0.25, 0.3) is 10.9 Å². The van der Waals surface area contributed by atoms with Crippen molar-refractivity contribution in [2.75, 3.05) is 13.2 Å². The van der Waals surface area contributed by atoms with E-state index < -0.39 is 0 Å². The molecule has 1 heterocycles. The van der Waals surface area contributed by atoms with Crippen molar-refractivity contribution in [1.82, 2.24) is 10.3 Å². The lowest BCUT2D eigenvalue weighted by Crippen LogP contribution is -2.27. The Hall–Kier alpha value is -1.52. The van der Waals surface area contributed by atoms with Gasteiger partial charge in [0.05, 0.1) is 0 Å². The van der Waals surface area contributed by atoms with Crippen molar-refractivity contribution in [3.8, 4) is 0 Å². The molecule has 3 N–H and O–H groups in total. The molecule has 21 heavy (non-hydrogen) atoms. The molecule has 0 spiro atoms. The van der Waals surface area contributed by atoms with Gasteiger partial charge in [-0.1, -0.05) is 17.7 Å². The molecule has 1 amide bonds. The lowest BCUT2D eigenvalue weighted by molar-refractivity contribution is 0.0942. The Bertz CT molecular complexity index is 689. The highest BCUT2D eigenvalue weighted by Gasteiger charge is 2.41. The van der Waals surface area contributed by atoms with Crippen LogP contribution in [0.5, 0.6) is 0 Å². The SMILES string of the molecule is Cc1c(C(=O)NCCC2(CO)CC2)[nH]c2cc(Cl)ccc12. The molecule has 3 rings (SSSR count). The Morgan fingerprint density at radius 2 is 2.24 bits per heavy atom. The molecular formula is C16H19ClN2O2. The maximum atomic E-state index is 12.3. The van der Waals surface area contributed by atoms with Gasteiger partial charge in [0.1, 0.15) is 5.69 Å². The summed E-state index contributed by atoms with van der Waals surface area (Å²) in [6.07, 6.45) is 2.95. The predicted molar refractivity (Wildman–Crippen MR) is 83.7 cm³/mol. The van der Waals surface area contributed by atoms with Crippen LogP contribution in [-0.2, 0) is 0 Å². The number of aliphatic hydroxyl groups is 1. The maximum absolute atomic E-state index is 12.3. The molecule has 1 aliphatic rings. The van der Waals surface area contributed by atoms with Crippen LogP contribution in [0.2, 0.25) is 5.02 Å². The van der Waals surface area contributed by atoms with Gasteiger partial charge in [0.2, 0.25) is 0 Å². The van der Waals surface area contributed by atoms with Gasteiger partial charge in [-0.3, -0.25) is 4.79 Å². The molecule has 0 radical (unpaired) electrons. The molecule has 1 aliphatic carbocycles. The van der Waals surface area contributed by atoms with Crippen molar-refractivity contribution in [2.45, 2.75) is 26.2 Å². The van der Waals surface area contributed by atoms with Gasteiger partial charge in [0.25, 0.3) is 5.91 Å². The van der Waals surface area contributed by atoms with Crippen molar-refractivity contribution in [3.05, 3.63) is 34.5 Å². The van der Waals surface area contributed by atoms with Gasteiger partial charge in [0, 0.05) is 29.1 Å². The number of aryl methyl sites for hydroxylation is 1. The van der Waals surface area contributed by atoms with E-state index in [0.717, 1.165) is 35.7 Å². The fourth-order valence-corrected chi connectivity index (χ4v) is 2.90. The molecule has 1 aromatic carbocycles. The second-order valence-corrected chi connectivity index (χ2v) is 6.42. The van der Waals surface area contributed by atoms with E-state index in [9.17, 15) is 9.90 Å². The third kappa shape index (κ3) is 2.78. The molecule has 5 heteroatoms. The summed E-state index contributed by atoms with van der Waals surface area (Å²) in [6.45, 7) is 2.74. The summed E-state index contributed by atoms with van der Waals surface area (Å²) in [5.41, 5.74) is 2.46. The van der Waals surface area contributed by atoms with Crippen molar-refractivity contribution in [2.24, 2.45) is 5.41 Å². The summed E-state index contributed by atoms with van der Waals surface area (Å²) in [4.78, 5) is 15.4. The first-order valence-corrected chi connectivity index (χ1v) is 7.59. The first-order valence-electron chi connectivity index (χ1n) is 7.22. The number of hydrogen-bond acceptors (Lipinski definition) is 2. The lowest BCUT2D eigenvalue weighted by Gasteiger charge is -2.11. The van der Waals surface area contributed by atoms with E-state index in [1.54, 1.807) is 0 Å². The minimum Gasteiger partial charge on any atom is -0.396 e. The van der Waals surface area contributed by atoms with Crippen LogP contribution in [0.4, 0.5) is 0 Å². The van der Waals surface area contributed by atoms with Crippen LogP contribution < -0.4 is 5.32 Å². The number of hydrogen-bond donors (Lipinski definition) is 3. The minimum absolute atomic E-state index is 0.0658. The Morgan fingerprint density at radius 3 is 2.90 bits per heavy atom. The van der Waals surface area contributed by atoms with Gasteiger partial charge in [0.15, 0.2) is 0 Å². The van der Waals surface area contributed by atoms with E-state index in [1.165, 1.54) is 0 Å². The Morgan fingerprint density at radius 1 is 1.48 bits per heavy atom. The van der Waals surface area contributed by atoms with Crippen LogP contribution in [-0.4, -0.2) is 29.1 Å². The van der Waals surface area contributed by atoms with Crippen LogP contribution in [0, 0.1) is 12.3 Å². The molecular weight excluding hydrogens is 288 g/mol. The van der Waals surface area contributed by atoms with Crippen LogP contribution >= 0.6 is 11.6 Å². The highest BCUT2D eigenvalue weighted by atomic mass is 35.5. The smallest absolute Gasteiger partial charge is 0.268 e. The zero-order valence-corrected chi connectivity index (χ0v) is 12.8. The molecule has 112 valence electrons. The number of nitrogens with one attached hydrogen (secondary N) is 2. The van der Waals surface area contributed by atoms with Gasteiger partial charge in [-0.25, -0.2) is 0 Å². The molecule has 1 saturated carbocycles. The maximum Gasteiger partial charge on any atom is 0.268 e. The molecule has 1 fully saturated rings. The van der Waals surface area contributed by atoms with Gasteiger partial charge < -0.3 is 15.4 Å². The Labute approximate surface area is 128 Å². The quantitative estimate of drug-likeness (QED) is 0.795. The summed E-state index contributed by atoms with van der Waals surface area (Å²) >= 11 is 5.97. The zero-order valence-electron chi connectivity index (χ0n) is 12.0. The fourth-order valence-electron chi connectivity index (χ4n) is 2.73. The number of carbonyl (C=O) groups is 1. The summed E-state index contributed by atoms with van der Waals surface area (Å²) in [7, 11) is 0. The predicted octanol–water partition coefficient (Wildman–Crippen LogP) is 3.02. The average Bonchev–Trinajstić information content (AvgIpc) is 3.17. The van der Waals surface area contributed by atoms with Crippen molar-refractivity contribution < 1.29 is 9.90 Å². The normalized spacial score (nSPS) is 16.1. The lowest BCUT2D eigenvalue weighted by atomic mass is 10.0. The van der Waals surface area contributed by atoms with Gasteiger partial charge in [-0.05, 0) is 49.3 Å². The minimum atomic E-state index is -0.103. The second kappa shape index (κ2) is 5.35.